The molecule has 0 aromatic heterocycles. The van der Waals surface area contributed by atoms with Gasteiger partial charge in [-0.15, -0.1) is 0 Å². The number of morpholine rings is 1. The van der Waals surface area contributed by atoms with Gasteiger partial charge in [0.15, 0.2) is 0 Å². The van der Waals surface area contributed by atoms with Gasteiger partial charge in [-0.1, -0.05) is 30.2 Å². The Bertz CT molecular complexity index is 1250. The number of carbonyl (C=O) groups excluding carboxylic acids is 3. The molecule has 3 amide bonds. The Morgan fingerprint density at radius 1 is 1.09 bits per heavy atom. The first-order valence-electron chi connectivity index (χ1n) is 13.0. The number of rotatable bonds is 6. The van der Waals surface area contributed by atoms with Gasteiger partial charge in [-0.3, -0.25) is 24.6 Å². The second-order valence-corrected chi connectivity index (χ2v) is 8.32. The first kappa shape index (κ1) is 17.3. The normalized spacial score (nSPS) is 22.8. The van der Waals surface area contributed by atoms with Gasteiger partial charge in [-0.25, -0.2) is 0 Å². The van der Waals surface area contributed by atoms with Crippen molar-refractivity contribution in [3.8, 4) is 5.75 Å². The lowest BCUT2D eigenvalue weighted by Crippen LogP contribution is -2.52. The number of hydrogen-bond donors (Lipinski definition) is 1. The summed E-state index contributed by atoms with van der Waals surface area (Å²) in [5.74, 6) is -0.812. The van der Waals surface area contributed by atoms with Crippen LogP contribution in [0.4, 0.5) is 0 Å². The first-order chi connectivity index (χ1) is 17.8. The van der Waals surface area contributed by atoms with Crippen LogP contribution >= 0.6 is 0 Å². The molecule has 8 nitrogen and oxygen atoms in total. The van der Waals surface area contributed by atoms with Crippen LogP contribution in [0.25, 0.3) is 0 Å². The maximum Gasteiger partial charge on any atom is 0.255 e. The van der Waals surface area contributed by atoms with E-state index in [1.54, 1.807) is 18.2 Å². The molecule has 0 radical (unpaired) electrons. The minimum atomic E-state index is -0.749. The summed E-state index contributed by atoms with van der Waals surface area (Å²) < 4.78 is 45.3. The van der Waals surface area contributed by atoms with Crippen LogP contribution in [0, 0.1) is 0 Å². The Kier molecular flexibility index (Phi) is 4.88. The summed E-state index contributed by atoms with van der Waals surface area (Å²) in [5, 5.41) is 2.28. The topological polar surface area (TPSA) is 88.2 Å². The predicted octanol–water partition coefficient (Wildman–Crippen LogP) is 1.86. The van der Waals surface area contributed by atoms with Crippen LogP contribution in [0.15, 0.2) is 42.4 Å². The Morgan fingerprint density at radius 3 is 2.61 bits per heavy atom. The van der Waals surface area contributed by atoms with Crippen LogP contribution < -0.4 is 10.1 Å². The lowest BCUT2D eigenvalue weighted by atomic mass is 10.0. The van der Waals surface area contributed by atoms with Gasteiger partial charge in [-0.05, 0) is 29.7 Å². The molecule has 3 aliphatic rings. The van der Waals surface area contributed by atoms with Crippen LogP contribution in [-0.4, -0.2) is 59.9 Å². The predicted molar refractivity (Wildman–Crippen MR) is 119 cm³/mol. The van der Waals surface area contributed by atoms with Crippen molar-refractivity contribution in [3.63, 3.8) is 0 Å². The molecule has 1 atom stereocenters. The maximum absolute atomic E-state index is 13.0. The fourth-order valence-corrected chi connectivity index (χ4v) is 4.34. The monoisotopic (exact) mass is 453 g/mol. The third-order valence-electron chi connectivity index (χ3n) is 6.13. The number of nitrogens with one attached hydrogen (secondary N) is 1. The summed E-state index contributed by atoms with van der Waals surface area (Å²) in [6, 6.07) is 3.72. The molecule has 0 bridgehead atoms. The molecule has 1 unspecified atom stereocenters. The molecular weight excluding hydrogens is 422 g/mol. The van der Waals surface area contributed by atoms with Crippen molar-refractivity contribution in [3.05, 3.63) is 64.6 Å². The molecule has 0 spiro atoms. The Hall–Kier alpha value is -3.23. The maximum atomic E-state index is 13.0. The third kappa shape index (κ3) is 4.62. The lowest BCUT2D eigenvalue weighted by Gasteiger charge is -2.29. The molecular formula is C25H27N3O5. The lowest BCUT2D eigenvalue weighted by molar-refractivity contribution is -0.136. The summed E-state index contributed by atoms with van der Waals surface area (Å²) in [7, 11) is 0. The van der Waals surface area contributed by atoms with E-state index >= 15 is 0 Å². The van der Waals surface area contributed by atoms with Crippen LogP contribution in [0.2, 0.25) is 0 Å². The molecule has 2 saturated heterocycles. The SMILES string of the molecule is [2H]c1c([2H])c(CN2CCOCC2)c([2H])c([2H])c1COc1cccc2c1CN(C1CCC(=O)NC1=O)C2=O. The molecule has 0 aliphatic carbocycles. The van der Waals surface area contributed by atoms with Crippen molar-refractivity contribution in [2.45, 2.75) is 38.6 Å². The van der Waals surface area contributed by atoms with Gasteiger partial charge in [0, 0.05) is 37.2 Å². The number of ether oxygens (including phenoxy) is 2. The molecule has 1 N–H and O–H groups in total. The second kappa shape index (κ2) is 9.33. The summed E-state index contributed by atoms with van der Waals surface area (Å²) in [6.07, 6.45) is 0.408. The van der Waals surface area contributed by atoms with Gasteiger partial charge in [0.25, 0.3) is 5.91 Å². The highest BCUT2D eigenvalue weighted by molar-refractivity contribution is 6.05. The number of fused-ring (bicyclic) bond motifs is 1. The number of hydrogen-bond acceptors (Lipinski definition) is 6. The van der Waals surface area contributed by atoms with Crippen molar-refractivity contribution in [2.75, 3.05) is 26.3 Å². The van der Waals surface area contributed by atoms with Crippen molar-refractivity contribution in [2.24, 2.45) is 0 Å². The Balaban J connectivity index is 1.35. The van der Waals surface area contributed by atoms with E-state index in [1.807, 2.05) is 4.90 Å². The zero-order chi connectivity index (χ0) is 26.3. The van der Waals surface area contributed by atoms with Gasteiger partial charge in [0.05, 0.1) is 25.2 Å². The van der Waals surface area contributed by atoms with Crippen molar-refractivity contribution < 1.29 is 29.3 Å². The Labute approximate surface area is 198 Å². The minimum absolute atomic E-state index is 0.0939. The standard InChI is InChI=1S/C25H27N3O5/c29-23-9-8-21(24(30)26-23)28-15-20-19(25(28)31)2-1-3-22(20)33-16-18-6-4-17(5-7-18)14-27-10-12-32-13-11-27/h1-7,21H,8-16H2,(H,26,29,30)/i4D,5D,6D,7D. The molecule has 2 aromatic rings. The molecule has 2 aromatic carbocycles. The highest BCUT2D eigenvalue weighted by Crippen LogP contribution is 2.34. The number of imide groups is 1. The van der Waals surface area contributed by atoms with E-state index in [4.69, 9.17) is 15.0 Å². The molecule has 33 heavy (non-hydrogen) atoms. The zero-order valence-electron chi connectivity index (χ0n) is 22.1. The van der Waals surface area contributed by atoms with Gasteiger partial charge in [0.1, 0.15) is 18.4 Å². The molecule has 5 rings (SSSR count). The van der Waals surface area contributed by atoms with E-state index in [9.17, 15) is 14.4 Å². The van der Waals surface area contributed by atoms with E-state index < -0.39 is 11.9 Å². The number of benzene rings is 2. The van der Waals surface area contributed by atoms with Crippen molar-refractivity contribution in [1.29, 1.82) is 0 Å². The molecule has 3 aliphatic heterocycles. The molecule has 8 heteroatoms. The summed E-state index contributed by atoms with van der Waals surface area (Å²) in [6.45, 7) is 2.69. The quantitative estimate of drug-likeness (QED) is 0.672. The van der Waals surface area contributed by atoms with Crippen LogP contribution in [0.1, 0.15) is 45.4 Å². The first-order valence-corrected chi connectivity index (χ1v) is 11.0. The fraction of sp³-hybridized carbons (Fsp3) is 0.400. The zero-order valence-corrected chi connectivity index (χ0v) is 18.1. The highest BCUT2D eigenvalue weighted by Gasteiger charge is 2.40. The van der Waals surface area contributed by atoms with E-state index in [-0.39, 0.29) is 67.5 Å². The highest BCUT2D eigenvalue weighted by atomic mass is 16.5. The molecule has 0 saturated carbocycles. The largest absolute Gasteiger partial charge is 0.489 e. The van der Waals surface area contributed by atoms with E-state index in [0.29, 0.717) is 55.3 Å². The van der Waals surface area contributed by atoms with Crippen molar-refractivity contribution >= 4 is 17.7 Å². The molecule has 2 fully saturated rings. The van der Waals surface area contributed by atoms with Crippen molar-refractivity contribution in [1.82, 2.24) is 15.1 Å². The Morgan fingerprint density at radius 2 is 1.85 bits per heavy atom. The number of nitrogens with zero attached hydrogens (tertiary/aromatic N) is 2. The van der Waals surface area contributed by atoms with E-state index in [0.717, 1.165) is 0 Å². The summed E-state index contributed by atoms with van der Waals surface area (Å²) in [4.78, 5) is 40.3. The van der Waals surface area contributed by atoms with Gasteiger partial charge < -0.3 is 14.4 Å². The van der Waals surface area contributed by atoms with Gasteiger partial charge >= 0.3 is 0 Å². The number of carbonyl (C=O) groups is 3. The number of amides is 3. The fourth-order valence-electron chi connectivity index (χ4n) is 4.34. The third-order valence-corrected chi connectivity index (χ3v) is 6.13. The number of piperidine rings is 1. The average Bonchev–Trinajstić information content (AvgIpc) is 3.23. The van der Waals surface area contributed by atoms with E-state index in [2.05, 4.69) is 5.32 Å². The van der Waals surface area contributed by atoms with Gasteiger partial charge in [0.2, 0.25) is 11.8 Å². The molecule has 172 valence electrons. The summed E-state index contributed by atoms with van der Waals surface area (Å²) >= 11 is 0. The van der Waals surface area contributed by atoms with Crippen LogP contribution in [0.5, 0.6) is 5.75 Å². The average molecular weight is 454 g/mol. The van der Waals surface area contributed by atoms with Crippen LogP contribution in [0.3, 0.4) is 0 Å². The smallest absolute Gasteiger partial charge is 0.255 e. The minimum Gasteiger partial charge on any atom is -0.489 e. The summed E-state index contributed by atoms with van der Waals surface area (Å²) in [5.41, 5.74) is 1.44. The van der Waals surface area contributed by atoms with Gasteiger partial charge in [-0.2, -0.15) is 0 Å². The second-order valence-electron chi connectivity index (χ2n) is 8.32. The van der Waals surface area contributed by atoms with Crippen LogP contribution in [-0.2, 0) is 34.0 Å². The van der Waals surface area contributed by atoms with E-state index in [1.165, 1.54) is 4.90 Å². The molecule has 3 heterocycles.